The van der Waals surface area contributed by atoms with Crippen LogP contribution in [0, 0.1) is 6.92 Å². The van der Waals surface area contributed by atoms with E-state index in [4.69, 9.17) is 23.2 Å². The molecule has 0 spiro atoms. The second kappa shape index (κ2) is 6.95. The molecule has 0 saturated carbocycles. The van der Waals surface area contributed by atoms with Crippen molar-refractivity contribution in [2.45, 2.75) is 19.4 Å². The van der Waals surface area contributed by atoms with Crippen molar-refractivity contribution >= 4 is 39.1 Å². The van der Waals surface area contributed by atoms with E-state index in [2.05, 4.69) is 46.4 Å². The van der Waals surface area contributed by atoms with Crippen molar-refractivity contribution in [3.63, 3.8) is 0 Å². The van der Waals surface area contributed by atoms with Crippen LogP contribution in [0.4, 0.5) is 0 Å². The van der Waals surface area contributed by atoms with Gasteiger partial charge in [-0.25, -0.2) is 0 Å². The summed E-state index contributed by atoms with van der Waals surface area (Å²) in [5, 5.41) is 4.73. The van der Waals surface area contributed by atoms with E-state index < -0.39 is 0 Å². The summed E-state index contributed by atoms with van der Waals surface area (Å²) in [4.78, 5) is 0. The SMILES string of the molecule is CNC(Cc1ccc(Cl)cc1Cl)c1cc(C)ccc1Br. The molecule has 2 aromatic rings. The largest absolute Gasteiger partial charge is 0.313 e. The molecule has 0 aromatic heterocycles. The molecule has 1 atom stereocenters. The third-order valence-corrected chi connectivity index (χ3v) is 4.62. The number of nitrogens with one attached hydrogen (secondary N) is 1. The van der Waals surface area contributed by atoms with Gasteiger partial charge in [-0.2, -0.15) is 0 Å². The van der Waals surface area contributed by atoms with Crippen molar-refractivity contribution < 1.29 is 0 Å². The van der Waals surface area contributed by atoms with Crippen LogP contribution in [-0.4, -0.2) is 7.05 Å². The second-order valence-corrected chi connectivity index (χ2v) is 6.50. The molecule has 0 saturated heterocycles. The van der Waals surface area contributed by atoms with Gasteiger partial charge in [0.15, 0.2) is 0 Å². The van der Waals surface area contributed by atoms with Gasteiger partial charge in [0.25, 0.3) is 0 Å². The zero-order valence-corrected chi connectivity index (χ0v) is 14.5. The van der Waals surface area contributed by atoms with Crippen LogP contribution in [0.5, 0.6) is 0 Å². The summed E-state index contributed by atoms with van der Waals surface area (Å²) in [7, 11) is 1.96. The summed E-state index contributed by atoms with van der Waals surface area (Å²) in [5.74, 6) is 0. The lowest BCUT2D eigenvalue weighted by Crippen LogP contribution is -2.19. The number of likely N-dealkylation sites (N-methyl/N-ethyl adjacent to an activating group) is 1. The Hall–Kier alpha value is -0.540. The smallest absolute Gasteiger partial charge is 0.0453 e. The van der Waals surface area contributed by atoms with Gasteiger partial charge in [0.05, 0.1) is 0 Å². The predicted octanol–water partition coefficient (Wildman–Crippen LogP) is 5.57. The van der Waals surface area contributed by atoms with Gasteiger partial charge in [-0.15, -0.1) is 0 Å². The molecule has 0 radical (unpaired) electrons. The minimum Gasteiger partial charge on any atom is -0.313 e. The molecule has 1 unspecified atom stereocenters. The zero-order valence-electron chi connectivity index (χ0n) is 11.4. The van der Waals surface area contributed by atoms with Gasteiger partial charge in [-0.3, -0.25) is 0 Å². The van der Waals surface area contributed by atoms with Crippen molar-refractivity contribution in [2.75, 3.05) is 7.05 Å². The van der Waals surface area contributed by atoms with Crippen LogP contribution >= 0.6 is 39.1 Å². The average Bonchev–Trinajstić information content (AvgIpc) is 2.41. The fourth-order valence-electron chi connectivity index (χ4n) is 2.20. The highest BCUT2D eigenvalue weighted by molar-refractivity contribution is 9.10. The highest BCUT2D eigenvalue weighted by Gasteiger charge is 2.15. The van der Waals surface area contributed by atoms with E-state index >= 15 is 0 Å². The van der Waals surface area contributed by atoms with E-state index in [0.717, 1.165) is 16.5 Å². The van der Waals surface area contributed by atoms with E-state index in [1.165, 1.54) is 11.1 Å². The van der Waals surface area contributed by atoms with Gasteiger partial charge in [0.2, 0.25) is 0 Å². The van der Waals surface area contributed by atoms with Gasteiger partial charge in [-0.1, -0.05) is 62.9 Å². The molecule has 0 amide bonds. The summed E-state index contributed by atoms with van der Waals surface area (Å²) >= 11 is 15.8. The van der Waals surface area contributed by atoms with E-state index in [1.807, 2.05) is 19.2 Å². The van der Waals surface area contributed by atoms with Gasteiger partial charge in [0, 0.05) is 20.6 Å². The molecule has 2 rings (SSSR count). The van der Waals surface area contributed by atoms with Crippen LogP contribution in [-0.2, 0) is 6.42 Å². The Kier molecular flexibility index (Phi) is 5.50. The third-order valence-electron chi connectivity index (χ3n) is 3.31. The summed E-state index contributed by atoms with van der Waals surface area (Å²) in [5.41, 5.74) is 3.56. The molecule has 106 valence electrons. The molecule has 0 aliphatic carbocycles. The highest BCUT2D eigenvalue weighted by atomic mass is 79.9. The number of benzene rings is 2. The normalized spacial score (nSPS) is 12.4. The Balaban J connectivity index is 2.31. The van der Waals surface area contributed by atoms with Crippen molar-refractivity contribution in [1.82, 2.24) is 5.32 Å². The van der Waals surface area contributed by atoms with Gasteiger partial charge < -0.3 is 5.32 Å². The third kappa shape index (κ3) is 3.76. The minimum absolute atomic E-state index is 0.197. The molecule has 20 heavy (non-hydrogen) atoms. The van der Waals surface area contributed by atoms with E-state index in [1.54, 1.807) is 6.07 Å². The molecule has 4 heteroatoms. The van der Waals surface area contributed by atoms with Crippen LogP contribution in [0.3, 0.4) is 0 Å². The Morgan fingerprint density at radius 2 is 1.90 bits per heavy atom. The first-order valence-corrected chi connectivity index (χ1v) is 7.93. The predicted molar refractivity (Wildman–Crippen MR) is 90.8 cm³/mol. The van der Waals surface area contributed by atoms with Crippen molar-refractivity contribution in [3.8, 4) is 0 Å². The fraction of sp³-hybridized carbons (Fsp3) is 0.250. The number of hydrogen-bond donors (Lipinski definition) is 1. The lowest BCUT2D eigenvalue weighted by Gasteiger charge is -2.19. The fourth-order valence-corrected chi connectivity index (χ4v) is 3.21. The number of rotatable bonds is 4. The van der Waals surface area contributed by atoms with Crippen molar-refractivity contribution in [3.05, 3.63) is 67.6 Å². The maximum absolute atomic E-state index is 6.27. The lowest BCUT2D eigenvalue weighted by atomic mass is 9.97. The first-order chi connectivity index (χ1) is 9.51. The van der Waals surface area contributed by atoms with Gasteiger partial charge >= 0.3 is 0 Å². The van der Waals surface area contributed by atoms with E-state index in [-0.39, 0.29) is 6.04 Å². The molecular formula is C16H16BrCl2N. The summed E-state index contributed by atoms with van der Waals surface area (Å²) in [6.07, 6.45) is 0.814. The second-order valence-electron chi connectivity index (χ2n) is 4.81. The maximum atomic E-state index is 6.27. The zero-order chi connectivity index (χ0) is 14.7. The molecule has 0 aliphatic heterocycles. The number of hydrogen-bond acceptors (Lipinski definition) is 1. The van der Waals surface area contributed by atoms with Crippen LogP contribution in [0.2, 0.25) is 10.0 Å². The first kappa shape index (κ1) is 15.8. The Labute approximate surface area is 138 Å². The molecule has 0 fully saturated rings. The summed E-state index contributed by atoms with van der Waals surface area (Å²) < 4.78 is 1.10. The lowest BCUT2D eigenvalue weighted by molar-refractivity contribution is 0.589. The van der Waals surface area contributed by atoms with Gasteiger partial charge in [-0.05, 0) is 49.7 Å². The molecule has 2 aromatic carbocycles. The quantitative estimate of drug-likeness (QED) is 0.739. The standard InChI is InChI=1S/C16H16BrCl2N/c1-10-3-6-14(17)13(7-10)16(20-2)8-11-4-5-12(18)9-15(11)19/h3-7,9,16,20H,8H2,1-2H3. The molecule has 1 nitrogen and oxygen atoms in total. The first-order valence-electron chi connectivity index (χ1n) is 6.38. The van der Waals surface area contributed by atoms with Crippen molar-refractivity contribution in [1.29, 1.82) is 0 Å². The summed E-state index contributed by atoms with van der Waals surface area (Å²) in [6, 6.07) is 12.2. The van der Waals surface area contributed by atoms with Crippen LogP contribution in [0.25, 0.3) is 0 Å². The monoisotopic (exact) mass is 371 g/mol. The highest BCUT2D eigenvalue weighted by Crippen LogP contribution is 2.30. The Morgan fingerprint density at radius 1 is 1.15 bits per heavy atom. The Bertz CT molecular complexity index is 613. The number of halogens is 3. The molecule has 1 N–H and O–H groups in total. The minimum atomic E-state index is 0.197. The molecule has 0 aliphatic rings. The van der Waals surface area contributed by atoms with Crippen LogP contribution < -0.4 is 5.32 Å². The van der Waals surface area contributed by atoms with E-state index in [0.29, 0.717) is 10.0 Å². The molecule has 0 heterocycles. The summed E-state index contributed by atoms with van der Waals surface area (Å²) in [6.45, 7) is 2.10. The molecular weight excluding hydrogens is 357 g/mol. The Morgan fingerprint density at radius 3 is 2.55 bits per heavy atom. The van der Waals surface area contributed by atoms with Crippen LogP contribution in [0.15, 0.2) is 40.9 Å². The number of aryl methyl sites for hydroxylation is 1. The van der Waals surface area contributed by atoms with Crippen molar-refractivity contribution in [2.24, 2.45) is 0 Å². The average molecular weight is 373 g/mol. The van der Waals surface area contributed by atoms with Gasteiger partial charge in [0.1, 0.15) is 0 Å². The molecule has 0 bridgehead atoms. The van der Waals surface area contributed by atoms with E-state index in [9.17, 15) is 0 Å². The van der Waals surface area contributed by atoms with Crippen LogP contribution in [0.1, 0.15) is 22.7 Å². The topological polar surface area (TPSA) is 12.0 Å². The maximum Gasteiger partial charge on any atom is 0.0453 e.